The lowest BCUT2D eigenvalue weighted by Gasteiger charge is -2.27. The maximum absolute atomic E-state index is 13.1. The maximum Gasteiger partial charge on any atom is 0.187 e. The van der Waals surface area contributed by atoms with E-state index in [1.807, 2.05) is 0 Å². The van der Waals surface area contributed by atoms with E-state index in [9.17, 15) is 17.5 Å². The van der Waals surface area contributed by atoms with Crippen LogP contribution in [0.4, 0.5) is 0 Å². The lowest BCUT2D eigenvalue weighted by Crippen LogP contribution is -2.16. The first-order valence-electron chi connectivity index (χ1n) is 7.88. The first-order chi connectivity index (χ1) is 11.9. The number of sulfone groups is 1. The SMILES string of the molecule is Cl.NCCCOc1cccc2c1C(S(=O)(=O)c1ccccc1)CS2(O)O. The second-order valence-electron chi connectivity index (χ2n) is 5.84. The lowest BCUT2D eigenvalue weighted by atomic mass is 10.1. The molecule has 1 heterocycles. The Morgan fingerprint density at radius 2 is 1.81 bits per heavy atom. The van der Waals surface area contributed by atoms with Crippen molar-refractivity contribution in [3.8, 4) is 5.75 Å². The first-order valence-corrected chi connectivity index (χ1v) is 11.1. The molecule has 1 atom stereocenters. The fourth-order valence-electron chi connectivity index (χ4n) is 2.92. The molecule has 0 bridgehead atoms. The van der Waals surface area contributed by atoms with Crippen molar-refractivity contribution in [3.63, 3.8) is 0 Å². The second kappa shape index (κ2) is 8.16. The maximum atomic E-state index is 13.1. The van der Waals surface area contributed by atoms with E-state index in [1.165, 1.54) is 12.1 Å². The zero-order valence-corrected chi connectivity index (χ0v) is 16.4. The van der Waals surface area contributed by atoms with Crippen LogP contribution in [0.3, 0.4) is 0 Å². The van der Waals surface area contributed by atoms with Crippen LogP contribution in [0.5, 0.6) is 5.75 Å². The molecule has 3 rings (SSSR count). The largest absolute Gasteiger partial charge is 0.493 e. The van der Waals surface area contributed by atoms with Gasteiger partial charge in [0.25, 0.3) is 0 Å². The minimum absolute atomic E-state index is 0. The summed E-state index contributed by atoms with van der Waals surface area (Å²) in [5.74, 6) is 0.115. The Labute approximate surface area is 161 Å². The molecule has 26 heavy (non-hydrogen) atoms. The third-order valence-corrected chi connectivity index (χ3v) is 8.29. The number of hydrogen-bond acceptors (Lipinski definition) is 6. The Balaban J connectivity index is 0.00000243. The van der Waals surface area contributed by atoms with Crippen molar-refractivity contribution in [1.29, 1.82) is 0 Å². The van der Waals surface area contributed by atoms with E-state index in [-0.39, 0.29) is 28.0 Å². The fourth-order valence-corrected chi connectivity index (χ4v) is 7.36. The highest BCUT2D eigenvalue weighted by atomic mass is 35.5. The van der Waals surface area contributed by atoms with Crippen molar-refractivity contribution < 1.29 is 22.3 Å². The standard InChI is InChI=1S/C17H21NO5S2.ClH/c18-10-5-11-23-14-8-4-9-15-17(14)16(12-24(15,19)20)25(21,22)13-6-2-1-3-7-13;/h1-4,6-9,16,19-20H,5,10-12,18H2;1H. The molecule has 2 aromatic carbocycles. The topological polar surface area (TPSA) is 110 Å². The van der Waals surface area contributed by atoms with Gasteiger partial charge in [0.1, 0.15) is 11.0 Å². The van der Waals surface area contributed by atoms with E-state index >= 15 is 0 Å². The zero-order chi connectivity index (χ0) is 18.1. The number of fused-ring (bicyclic) bond motifs is 1. The molecule has 144 valence electrons. The number of hydrogen-bond donors (Lipinski definition) is 3. The monoisotopic (exact) mass is 419 g/mol. The van der Waals surface area contributed by atoms with Crippen molar-refractivity contribution >= 4 is 32.8 Å². The number of halogens is 1. The fraction of sp³-hybridized carbons (Fsp3) is 0.294. The number of rotatable bonds is 6. The number of ether oxygens (including phenoxy) is 1. The molecule has 9 heteroatoms. The summed E-state index contributed by atoms with van der Waals surface area (Å²) in [6.07, 6.45) is 0.621. The van der Waals surface area contributed by atoms with Crippen LogP contribution in [0, 0.1) is 0 Å². The minimum atomic E-state index is -3.78. The van der Waals surface area contributed by atoms with Crippen molar-refractivity contribution in [1.82, 2.24) is 0 Å². The summed E-state index contributed by atoms with van der Waals surface area (Å²) in [7, 11) is -6.96. The average molecular weight is 420 g/mol. The molecular formula is C17H22ClNO5S2. The van der Waals surface area contributed by atoms with Gasteiger partial charge in [0.15, 0.2) is 9.84 Å². The highest BCUT2D eigenvalue weighted by molar-refractivity contribution is 8.25. The van der Waals surface area contributed by atoms with E-state index in [0.717, 1.165) is 0 Å². The first kappa shape index (κ1) is 21.0. The van der Waals surface area contributed by atoms with Gasteiger partial charge in [-0.05, 0) is 37.2 Å². The van der Waals surface area contributed by atoms with Gasteiger partial charge in [0.05, 0.1) is 22.2 Å². The van der Waals surface area contributed by atoms with Crippen molar-refractivity contribution in [2.24, 2.45) is 5.73 Å². The van der Waals surface area contributed by atoms with E-state index in [1.54, 1.807) is 36.4 Å². The van der Waals surface area contributed by atoms with Crippen molar-refractivity contribution in [2.45, 2.75) is 21.5 Å². The molecule has 2 aromatic rings. The predicted octanol–water partition coefficient (Wildman–Crippen LogP) is 3.47. The quantitative estimate of drug-likeness (QED) is 0.618. The molecule has 1 aliphatic rings. The van der Waals surface area contributed by atoms with Crippen LogP contribution in [0.2, 0.25) is 0 Å². The highest BCUT2D eigenvalue weighted by Crippen LogP contribution is 2.63. The molecule has 0 amide bonds. The van der Waals surface area contributed by atoms with Gasteiger partial charge in [-0.1, -0.05) is 24.3 Å². The number of benzene rings is 2. The lowest BCUT2D eigenvalue weighted by molar-refractivity contribution is 0.309. The Bertz CT molecular complexity index is 859. The van der Waals surface area contributed by atoms with Crippen molar-refractivity contribution in [3.05, 3.63) is 54.1 Å². The van der Waals surface area contributed by atoms with Gasteiger partial charge >= 0.3 is 0 Å². The summed E-state index contributed by atoms with van der Waals surface area (Å²) < 4.78 is 52.7. The Hall–Kier alpha value is -1.29. The highest BCUT2D eigenvalue weighted by Gasteiger charge is 2.45. The molecule has 0 radical (unpaired) electrons. The predicted molar refractivity (Wildman–Crippen MR) is 105 cm³/mol. The summed E-state index contributed by atoms with van der Waals surface area (Å²) in [5.41, 5.74) is 5.82. The molecule has 0 spiro atoms. The third kappa shape index (κ3) is 3.85. The number of nitrogens with two attached hydrogens (primary N) is 1. The molecule has 6 nitrogen and oxygen atoms in total. The minimum Gasteiger partial charge on any atom is -0.493 e. The van der Waals surface area contributed by atoms with Crippen molar-refractivity contribution in [2.75, 3.05) is 18.9 Å². The summed E-state index contributed by atoms with van der Waals surface area (Å²) in [5, 5.41) is -1.05. The Morgan fingerprint density at radius 3 is 2.46 bits per heavy atom. The van der Waals surface area contributed by atoms with Crippen LogP contribution in [0.25, 0.3) is 0 Å². The van der Waals surface area contributed by atoms with Crippen LogP contribution in [-0.2, 0) is 9.84 Å². The summed E-state index contributed by atoms with van der Waals surface area (Å²) in [4.78, 5) is 0.405. The van der Waals surface area contributed by atoms with Gasteiger partial charge < -0.3 is 10.5 Å². The third-order valence-electron chi connectivity index (χ3n) is 4.14. The van der Waals surface area contributed by atoms with Gasteiger partial charge in [-0.3, -0.25) is 9.11 Å². The van der Waals surface area contributed by atoms with Gasteiger partial charge in [-0.2, -0.15) is 10.6 Å². The molecule has 1 unspecified atom stereocenters. The van der Waals surface area contributed by atoms with E-state index in [0.29, 0.717) is 30.9 Å². The molecular weight excluding hydrogens is 398 g/mol. The van der Waals surface area contributed by atoms with Crippen LogP contribution in [-0.4, -0.2) is 36.4 Å². The average Bonchev–Trinajstić information content (AvgIpc) is 2.89. The Morgan fingerprint density at radius 1 is 1.12 bits per heavy atom. The van der Waals surface area contributed by atoms with E-state index in [2.05, 4.69) is 0 Å². The molecule has 0 fully saturated rings. The molecule has 0 aromatic heterocycles. The molecule has 1 aliphatic heterocycles. The van der Waals surface area contributed by atoms with Crippen LogP contribution in [0.1, 0.15) is 17.2 Å². The van der Waals surface area contributed by atoms with Gasteiger partial charge in [-0.25, -0.2) is 8.42 Å². The Kier molecular flexibility index (Phi) is 6.60. The van der Waals surface area contributed by atoms with Gasteiger partial charge in [0.2, 0.25) is 0 Å². The van der Waals surface area contributed by atoms with Gasteiger partial charge in [-0.15, -0.1) is 12.4 Å². The molecule has 0 aliphatic carbocycles. The molecule has 0 saturated carbocycles. The summed E-state index contributed by atoms with van der Waals surface area (Å²) in [6.45, 7) is 0.792. The summed E-state index contributed by atoms with van der Waals surface area (Å²) >= 11 is 0. The van der Waals surface area contributed by atoms with Gasteiger partial charge in [0, 0.05) is 5.56 Å². The summed E-state index contributed by atoms with van der Waals surface area (Å²) in [6, 6.07) is 12.9. The normalized spacial score (nSPS) is 19.3. The van der Waals surface area contributed by atoms with E-state index < -0.39 is 25.7 Å². The molecule has 4 N–H and O–H groups in total. The van der Waals surface area contributed by atoms with Crippen LogP contribution in [0.15, 0.2) is 58.3 Å². The smallest absolute Gasteiger partial charge is 0.187 e. The van der Waals surface area contributed by atoms with E-state index in [4.69, 9.17) is 10.5 Å². The zero-order valence-electron chi connectivity index (χ0n) is 13.9. The van der Waals surface area contributed by atoms with Crippen LogP contribution >= 0.6 is 23.0 Å². The van der Waals surface area contributed by atoms with Crippen LogP contribution < -0.4 is 10.5 Å². The molecule has 0 saturated heterocycles. The second-order valence-corrected chi connectivity index (χ2v) is 10.1.